The van der Waals surface area contributed by atoms with Crippen LogP contribution >= 0.6 is 0 Å². The third kappa shape index (κ3) is 4.32. The zero-order chi connectivity index (χ0) is 20.0. The van der Waals surface area contributed by atoms with Crippen LogP contribution in [0.4, 0.5) is 5.69 Å². The first-order chi connectivity index (χ1) is 12.9. The van der Waals surface area contributed by atoms with Gasteiger partial charge in [0.1, 0.15) is 0 Å². The van der Waals surface area contributed by atoms with Crippen molar-refractivity contribution < 1.29 is 23.9 Å². The molecule has 9 nitrogen and oxygen atoms in total. The molecule has 1 N–H and O–H groups in total. The molecule has 0 saturated heterocycles. The number of methoxy groups -OCH3 is 3. The highest BCUT2D eigenvalue weighted by Crippen LogP contribution is 2.38. The summed E-state index contributed by atoms with van der Waals surface area (Å²) < 4.78 is 15.6. The summed E-state index contributed by atoms with van der Waals surface area (Å²) in [7, 11) is 4.34. The Morgan fingerprint density at radius 1 is 1.07 bits per heavy atom. The Bertz CT molecular complexity index is 869. The van der Waals surface area contributed by atoms with E-state index in [1.807, 2.05) is 0 Å². The molecule has 0 unspecified atom stereocenters. The quantitative estimate of drug-likeness (QED) is 0.454. The second kappa shape index (κ2) is 8.65. The number of para-hydroxylation sites is 1. The summed E-state index contributed by atoms with van der Waals surface area (Å²) in [6.07, 6.45) is 0. The van der Waals surface area contributed by atoms with Crippen molar-refractivity contribution >= 4 is 17.3 Å². The van der Waals surface area contributed by atoms with Crippen molar-refractivity contribution in [3.63, 3.8) is 0 Å². The fourth-order valence-corrected chi connectivity index (χ4v) is 2.41. The molecular formula is C18H19N3O6. The topological polar surface area (TPSA) is 112 Å². The molecule has 9 heteroatoms. The number of nitrogens with zero attached hydrogens (tertiary/aromatic N) is 2. The number of carbonyl (C=O) groups is 1. The van der Waals surface area contributed by atoms with Gasteiger partial charge < -0.3 is 14.2 Å². The number of rotatable bonds is 7. The van der Waals surface area contributed by atoms with Gasteiger partial charge in [0.2, 0.25) is 5.75 Å². The lowest BCUT2D eigenvalue weighted by atomic mass is 10.1. The van der Waals surface area contributed by atoms with E-state index in [0.29, 0.717) is 28.5 Å². The van der Waals surface area contributed by atoms with Crippen LogP contribution in [0, 0.1) is 10.1 Å². The molecule has 27 heavy (non-hydrogen) atoms. The van der Waals surface area contributed by atoms with Crippen molar-refractivity contribution in [2.24, 2.45) is 5.10 Å². The lowest BCUT2D eigenvalue weighted by molar-refractivity contribution is -0.385. The van der Waals surface area contributed by atoms with Gasteiger partial charge in [-0.05, 0) is 25.1 Å². The first-order valence-electron chi connectivity index (χ1n) is 7.81. The second-order valence-corrected chi connectivity index (χ2v) is 5.33. The number of amides is 1. The molecule has 0 aliphatic heterocycles. The molecule has 142 valence electrons. The molecule has 0 fully saturated rings. The third-order valence-electron chi connectivity index (χ3n) is 3.74. The molecule has 0 spiro atoms. The maximum atomic E-state index is 12.4. The summed E-state index contributed by atoms with van der Waals surface area (Å²) in [5.74, 6) is 0.464. The van der Waals surface area contributed by atoms with E-state index in [9.17, 15) is 14.9 Å². The molecule has 0 heterocycles. The number of hydrazone groups is 1. The molecule has 0 bridgehead atoms. The maximum Gasteiger partial charge on any atom is 0.278 e. The number of hydrogen-bond acceptors (Lipinski definition) is 7. The van der Waals surface area contributed by atoms with Crippen molar-refractivity contribution in [2.75, 3.05) is 21.3 Å². The van der Waals surface area contributed by atoms with E-state index in [2.05, 4.69) is 10.5 Å². The number of nitro groups is 1. The summed E-state index contributed by atoms with van der Waals surface area (Å²) in [6, 6.07) is 9.10. The van der Waals surface area contributed by atoms with E-state index in [1.165, 1.54) is 39.5 Å². The summed E-state index contributed by atoms with van der Waals surface area (Å²) in [6.45, 7) is 1.57. The van der Waals surface area contributed by atoms with Gasteiger partial charge in [-0.1, -0.05) is 12.1 Å². The highest BCUT2D eigenvalue weighted by atomic mass is 16.6. The molecule has 2 aromatic rings. The molecule has 0 radical (unpaired) electrons. The number of ether oxygens (including phenoxy) is 3. The highest BCUT2D eigenvalue weighted by molar-refractivity contribution is 6.03. The predicted octanol–water partition coefficient (Wildman–Crippen LogP) is 2.77. The fraction of sp³-hybridized carbons (Fsp3) is 0.222. The molecule has 0 aromatic heterocycles. The first-order valence-corrected chi connectivity index (χ1v) is 7.81. The summed E-state index contributed by atoms with van der Waals surface area (Å²) in [5.41, 5.74) is 3.11. The standard InChI is InChI=1S/C18H19N3O6/c1-11(13-7-5-6-8-14(13)21(23)24)19-20-18(22)12-9-15(25-2)17(27-4)16(10-12)26-3/h5-10H,1-4H3,(H,20,22)/b19-11-. The highest BCUT2D eigenvalue weighted by Gasteiger charge is 2.18. The second-order valence-electron chi connectivity index (χ2n) is 5.33. The average molecular weight is 373 g/mol. The van der Waals surface area contributed by atoms with Gasteiger partial charge in [-0.15, -0.1) is 0 Å². The van der Waals surface area contributed by atoms with Crippen molar-refractivity contribution in [3.05, 3.63) is 57.6 Å². The Labute approximate surface area is 155 Å². The zero-order valence-electron chi connectivity index (χ0n) is 15.3. The molecule has 0 aliphatic carbocycles. The lowest BCUT2D eigenvalue weighted by Crippen LogP contribution is -2.20. The van der Waals surface area contributed by atoms with Crippen LogP contribution in [0.25, 0.3) is 0 Å². The molecule has 2 rings (SSSR count). The van der Waals surface area contributed by atoms with E-state index in [0.717, 1.165) is 0 Å². The molecular weight excluding hydrogens is 354 g/mol. The Morgan fingerprint density at radius 3 is 2.19 bits per heavy atom. The first kappa shape index (κ1) is 19.7. The van der Waals surface area contributed by atoms with Crippen LogP contribution in [0.2, 0.25) is 0 Å². The van der Waals surface area contributed by atoms with Crippen LogP contribution in [0.5, 0.6) is 17.2 Å². The molecule has 0 aliphatic rings. The van der Waals surface area contributed by atoms with Crippen LogP contribution in [0.3, 0.4) is 0 Å². The van der Waals surface area contributed by atoms with Gasteiger partial charge in [0, 0.05) is 11.6 Å². The van der Waals surface area contributed by atoms with Gasteiger partial charge in [0.25, 0.3) is 11.6 Å². The molecule has 2 aromatic carbocycles. The van der Waals surface area contributed by atoms with Crippen LogP contribution in [0.15, 0.2) is 41.5 Å². The number of hydrogen-bond donors (Lipinski definition) is 1. The predicted molar refractivity (Wildman–Crippen MR) is 98.9 cm³/mol. The van der Waals surface area contributed by atoms with Crippen molar-refractivity contribution in [2.45, 2.75) is 6.92 Å². The monoisotopic (exact) mass is 373 g/mol. The average Bonchev–Trinajstić information content (AvgIpc) is 2.70. The van der Waals surface area contributed by atoms with E-state index in [4.69, 9.17) is 14.2 Å². The van der Waals surface area contributed by atoms with Crippen LogP contribution in [0.1, 0.15) is 22.8 Å². The minimum Gasteiger partial charge on any atom is -0.493 e. The van der Waals surface area contributed by atoms with E-state index in [-0.39, 0.29) is 11.3 Å². The molecule has 0 atom stereocenters. The van der Waals surface area contributed by atoms with Gasteiger partial charge in [0.15, 0.2) is 11.5 Å². The number of nitro benzene ring substituents is 1. The van der Waals surface area contributed by atoms with Gasteiger partial charge in [-0.2, -0.15) is 5.10 Å². The summed E-state index contributed by atoms with van der Waals surface area (Å²) in [5, 5.41) is 15.1. The van der Waals surface area contributed by atoms with Crippen molar-refractivity contribution in [1.29, 1.82) is 0 Å². The molecule has 0 saturated carbocycles. The minimum atomic E-state index is -0.535. The number of benzene rings is 2. The van der Waals surface area contributed by atoms with E-state index >= 15 is 0 Å². The number of carbonyl (C=O) groups excluding carboxylic acids is 1. The normalized spacial score (nSPS) is 10.9. The largest absolute Gasteiger partial charge is 0.493 e. The fourth-order valence-electron chi connectivity index (χ4n) is 2.41. The summed E-state index contributed by atoms with van der Waals surface area (Å²) >= 11 is 0. The van der Waals surface area contributed by atoms with Crippen molar-refractivity contribution in [3.8, 4) is 17.2 Å². The number of nitrogens with one attached hydrogen (secondary N) is 1. The third-order valence-corrected chi connectivity index (χ3v) is 3.74. The van der Waals surface area contributed by atoms with Crippen LogP contribution in [-0.2, 0) is 0 Å². The summed E-state index contributed by atoms with van der Waals surface area (Å²) in [4.78, 5) is 23.0. The Morgan fingerprint density at radius 2 is 1.67 bits per heavy atom. The van der Waals surface area contributed by atoms with Crippen LogP contribution < -0.4 is 19.6 Å². The molecule has 1 amide bonds. The minimum absolute atomic E-state index is 0.0965. The Kier molecular flexibility index (Phi) is 6.32. The van der Waals surface area contributed by atoms with Crippen molar-refractivity contribution in [1.82, 2.24) is 5.43 Å². The Balaban J connectivity index is 2.30. The zero-order valence-corrected chi connectivity index (χ0v) is 15.3. The van der Waals surface area contributed by atoms with Crippen LogP contribution in [-0.4, -0.2) is 37.9 Å². The lowest BCUT2D eigenvalue weighted by Gasteiger charge is -2.13. The smallest absolute Gasteiger partial charge is 0.278 e. The maximum absolute atomic E-state index is 12.4. The van der Waals surface area contributed by atoms with Gasteiger partial charge in [-0.25, -0.2) is 5.43 Å². The van der Waals surface area contributed by atoms with E-state index < -0.39 is 10.8 Å². The SMILES string of the molecule is COc1cc(C(=O)N/N=C(/C)c2ccccc2[N+](=O)[O-])cc(OC)c1OC. The van der Waals surface area contributed by atoms with Gasteiger partial charge in [-0.3, -0.25) is 14.9 Å². The Hall–Kier alpha value is -3.62. The van der Waals surface area contributed by atoms with E-state index in [1.54, 1.807) is 25.1 Å². The van der Waals surface area contributed by atoms with Gasteiger partial charge in [0.05, 0.1) is 37.5 Å². The van der Waals surface area contributed by atoms with Gasteiger partial charge >= 0.3 is 0 Å².